The van der Waals surface area contributed by atoms with Gasteiger partial charge in [-0.1, -0.05) is 36.7 Å². The van der Waals surface area contributed by atoms with Gasteiger partial charge >= 0.3 is 0 Å². The van der Waals surface area contributed by atoms with Crippen LogP contribution in [0.2, 0.25) is 1.41 Å². The number of hydrogen-bond donors (Lipinski definition) is 1. The van der Waals surface area contributed by atoms with Crippen LogP contribution in [-0.2, 0) is 0 Å². The molecule has 1 aromatic rings. The Morgan fingerprint density at radius 3 is 3.00 bits per heavy atom. The third-order valence-corrected chi connectivity index (χ3v) is 1.64. The van der Waals surface area contributed by atoms with Crippen LogP contribution in [0.15, 0.2) is 30.3 Å². The molecule has 1 aromatic carbocycles. The summed E-state index contributed by atoms with van der Waals surface area (Å²) in [5.74, 6) is 0. The van der Waals surface area contributed by atoms with Gasteiger partial charge in [0.15, 0.2) is 0 Å². The normalized spacial score (nSPS) is 53.3. The Morgan fingerprint density at radius 2 is 2.17 bits per heavy atom. The van der Waals surface area contributed by atoms with E-state index in [0.29, 0.717) is 0 Å². The van der Waals surface area contributed by atoms with Crippen molar-refractivity contribution in [2.24, 2.45) is 0 Å². The fraction of sp³-hybridized carbons (Fsp3) is 0.455. The van der Waals surface area contributed by atoms with E-state index >= 15 is 0 Å². The molecule has 1 saturated heterocycles. The highest BCUT2D eigenvalue weighted by molar-refractivity contribution is 5.19. The van der Waals surface area contributed by atoms with Crippen LogP contribution in [-0.4, -0.2) is 6.50 Å². The number of piperidine rings is 1. The fourth-order valence-corrected chi connectivity index (χ4v) is 1.05. The van der Waals surface area contributed by atoms with E-state index in [9.17, 15) is 0 Å². The van der Waals surface area contributed by atoms with Gasteiger partial charge in [0, 0.05) is 17.0 Å². The molecular weight excluding hydrogens is 146 g/mol. The zero-order valence-electron chi connectivity index (χ0n) is 15.4. The Balaban J connectivity index is 2.67. The second kappa shape index (κ2) is 3.72. The number of nitrogens with one attached hydrogen (secondary N) is 1. The third-order valence-electron chi connectivity index (χ3n) is 1.64. The van der Waals surface area contributed by atoms with Gasteiger partial charge in [0.2, 0.25) is 0 Å². The van der Waals surface area contributed by atoms with Crippen molar-refractivity contribution in [3.8, 4) is 0 Å². The van der Waals surface area contributed by atoms with Gasteiger partial charge in [-0.3, -0.25) is 0 Å². The second-order valence-electron chi connectivity index (χ2n) is 2.45. The van der Waals surface area contributed by atoms with E-state index < -0.39 is 31.7 Å². The molecule has 1 unspecified atom stereocenters. The molecule has 0 bridgehead atoms. The lowest BCUT2D eigenvalue weighted by Crippen LogP contribution is -2.26. The average molecular weight is 170 g/mol. The first-order valence-electron chi connectivity index (χ1n) is 8.17. The molecule has 0 spiro atoms. The fourth-order valence-electron chi connectivity index (χ4n) is 1.05. The van der Waals surface area contributed by atoms with Crippen molar-refractivity contribution in [1.29, 1.82) is 0 Å². The van der Waals surface area contributed by atoms with Gasteiger partial charge in [-0.2, -0.15) is 0 Å². The first kappa shape index (κ1) is 2.58. The molecule has 12 heavy (non-hydrogen) atoms. The van der Waals surface area contributed by atoms with Crippen molar-refractivity contribution < 1.29 is 12.4 Å². The predicted octanol–water partition coefficient (Wildman–Crippen LogP) is 2.50. The molecule has 1 aliphatic rings. The number of hydrogen-bond acceptors (Lipinski definition) is 1. The summed E-state index contributed by atoms with van der Waals surface area (Å²) in [7, 11) is 0. The van der Waals surface area contributed by atoms with E-state index in [1.165, 1.54) is 12.1 Å². The summed E-state index contributed by atoms with van der Waals surface area (Å²) in [6.07, 6.45) is -9.08. The summed E-state index contributed by atoms with van der Waals surface area (Å²) in [4.78, 5) is 0. The molecule has 64 valence electrons. The van der Waals surface area contributed by atoms with Crippen molar-refractivity contribution in [2.45, 2.75) is 25.2 Å². The van der Waals surface area contributed by atoms with Gasteiger partial charge in [0.25, 0.3) is 0 Å². The Bertz CT molecular complexity index is 528. The Hall–Kier alpha value is -0.820. The molecule has 2 rings (SSSR count). The Morgan fingerprint density at radius 1 is 1.33 bits per heavy atom. The highest BCUT2D eigenvalue weighted by atomic mass is 14.9. The first-order chi connectivity index (χ1) is 9.39. The van der Waals surface area contributed by atoms with E-state index in [-0.39, 0.29) is 10.9 Å². The summed E-state index contributed by atoms with van der Waals surface area (Å²) in [6, 6.07) is 6.20. The molecule has 1 nitrogen and oxygen atoms in total. The van der Waals surface area contributed by atoms with Crippen molar-refractivity contribution in [3.63, 3.8) is 0 Å². The maximum atomic E-state index is 8.01. The van der Waals surface area contributed by atoms with Crippen LogP contribution in [0.4, 0.5) is 0 Å². The summed E-state index contributed by atoms with van der Waals surface area (Å²) in [5, 5.41) is 0.198. The highest BCUT2D eigenvalue weighted by Gasteiger charge is 2.13. The van der Waals surface area contributed by atoms with Crippen LogP contribution < -0.4 is 5.31 Å². The minimum atomic E-state index is -3.18. The molecular formula is C11H15N. The zero-order valence-corrected chi connectivity index (χ0v) is 6.41. The summed E-state index contributed by atoms with van der Waals surface area (Å²) in [6.45, 7) is -2.98. The van der Waals surface area contributed by atoms with Gasteiger partial charge in [-0.05, 0) is 24.8 Å². The minimum absolute atomic E-state index is 0.198. The smallest absolute Gasteiger partial charge is 0.123 e. The second-order valence-corrected chi connectivity index (χ2v) is 2.45. The van der Waals surface area contributed by atoms with Crippen LogP contribution in [0.3, 0.4) is 0 Å². The molecule has 0 radical (unpaired) electrons. The van der Waals surface area contributed by atoms with E-state index in [1.807, 2.05) is 0 Å². The average Bonchev–Trinajstić information content (AvgIpc) is 2.38. The van der Waals surface area contributed by atoms with Crippen molar-refractivity contribution in [1.82, 2.24) is 5.31 Å². The van der Waals surface area contributed by atoms with Crippen molar-refractivity contribution in [2.75, 3.05) is 6.50 Å². The molecule has 1 N–H and O–H groups in total. The molecule has 1 heterocycles. The SMILES string of the molecule is [2H]N1C(c2ccccc2)C([2H])([2H])C([2H])([2H])C([2H])([2H])C1([2H])[2H]. The Kier molecular flexibility index (Phi) is 0.801. The molecule has 0 saturated carbocycles. The summed E-state index contributed by atoms with van der Waals surface area (Å²) < 4.78 is 70.4. The van der Waals surface area contributed by atoms with Crippen molar-refractivity contribution >= 4 is 0 Å². The van der Waals surface area contributed by atoms with Gasteiger partial charge < -0.3 is 5.31 Å². The van der Waals surface area contributed by atoms with E-state index in [2.05, 4.69) is 0 Å². The quantitative estimate of drug-likeness (QED) is 0.683. The van der Waals surface area contributed by atoms with Gasteiger partial charge in [0.05, 0.1) is 0 Å². The molecule has 1 atom stereocenters. The maximum absolute atomic E-state index is 8.01. The van der Waals surface area contributed by atoms with Crippen LogP contribution in [0.25, 0.3) is 0 Å². The molecule has 1 heteroatoms. The van der Waals surface area contributed by atoms with Crippen LogP contribution in [0.5, 0.6) is 0 Å². The van der Waals surface area contributed by atoms with Crippen LogP contribution in [0, 0.1) is 0 Å². The van der Waals surface area contributed by atoms with Gasteiger partial charge in [-0.25, -0.2) is 0 Å². The lowest BCUT2D eigenvalue weighted by Gasteiger charge is -2.23. The Labute approximate surface area is 86.5 Å². The van der Waals surface area contributed by atoms with E-state index in [4.69, 9.17) is 12.4 Å². The lowest BCUT2D eigenvalue weighted by molar-refractivity contribution is 0.412. The molecule has 1 aliphatic heterocycles. The zero-order chi connectivity index (χ0) is 16.3. The van der Waals surface area contributed by atoms with Gasteiger partial charge in [0.1, 0.15) is 1.41 Å². The van der Waals surface area contributed by atoms with Crippen molar-refractivity contribution in [3.05, 3.63) is 35.9 Å². The molecule has 1 fully saturated rings. The maximum Gasteiger partial charge on any atom is 0.123 e. The summed E-state index contributed by atoms with van der Waals surface area (Å²) in [5.41, 5.74) is 0.223. The number of rotatable bonds is 1. The van der Waals surface area contributed by atoms with Gasteiger partial charge in [-0.15, -0.1) is 0 Å². The minimum Gasteiger partial charge on any atom is -0.310 e. The number of benzene rings is 1. The van der Waals surface area contributed by atoms with Crippen LogP contribution >= 0.6 is 0 Å². The van der Waals surface area contributed by atoms with Crippen LogP contribution in [0.1, 0.15) is 41.7 Å². The highest BCUT2D eigenvalue weighted by Crippen LogP contribution is 2.21. The van der Waals surface area contributed by atoms with E-state index in [1.54, 1.807) is 18.2 Å². The standard InChI is InChI=1S/C11H15N/c1-2-6-10(7-3-1)11-8-4-5-9-12-11/h1-3,6-7,11-12H,4-5,8-9H2/i4D2,5D2,8D2,9D2/hD. The molecule has 0 aromatic heterocycles. The molecule has 0 amide bonds. The topological polar surface area (TPSA) is 12.0 Å². The largest absolute Gasteiger partial charge is 0.310 e. The predicted molar refractivity (Wildman–Crippen MR) is 51.0 cm³/mol. The van der Waals surface area contributed by atoms with E-state index in [0.717, 1.165) is 0 Å². The summed E-state index contributed by atoms with van der Waals surface area (Å²) >= 11 is 0. The lowest BCUT2D eigenvalue weighted by atomic mass is 9.98. The third kappa shape index (κ3) is 1.67. The first-order valence-corrected chi connectivity index (χ1v) is 3.72. The monoisotopic (exact) mass is 170 g/mol. The molecule has 0 aliphatic carbocycles.